The number of hydrogen-bond donors (Lipinski definition) is 1. The second-order valence-corrected chi connectivity index (χ2v) is 4.05. The quantitative estimate of drug-likeness (QED) is 0.651. The molecule has 2 aromatic rings. The number of aliphatic hydroxyl groups excluding tert-OH is 1. The van der Waals surface area contributed by atoms with Crippen LogP contribution in [0.15, 0.2) is 36.8 Å². The molecule has 0 aliphatic heterocycles. The topological polar surface area (TPSA) is 124 Å². The van der Waals surface area contributed by atoms with Crippen LogP contribution in [0.25, 0.3) is 0 Å². The first kappa shape index (κ1) is 13.6. The summed E-state index contributed by atoms with van der Waals surface area (Å²) in [6, 6.07) is 5.59. The highest BCUT2D eigenvalue weighted by Gasteiger charge is 2.16. The summed E-state index contributed by atoms with van der Waals surface area (Å²) >= 11 is 0. The molecular weight excluding hydrogens is 268 g/mol. The van der Waals surface area contributed by atoms with Crippen LogP contribution in [0.1, 0.15) is 11.7 Å². The van der Waals surface area contributed by atoms with Gasteiger partial charge in [0, 0.05) is 12.1 Å². The molecule has 0 fully saturated rings. The number of nitro groups is 2. The van der Waals surface area contributed by atoms with Gasteiger partial charge < -0.3 is 19.8 Å². The summed E-state index contributed by atoms with van der Waals surface area (Å²) in [5.74, 6) is -0.323. The summed E-state index contributed by atoms with van der Waals surface area (Å²) in [4.78, 5) is 23.5. The largest absolute Gasteiger partial charge is 0.387 e. The van der Waals surface area contributed by atoms with Crippen molar-refractivity contribution in [3.05, 3.63) is 62.6 Å². The average molecular weight is 278 g/mol. The van der Waals surface area contributed by atoms with E-state index < -0.39 is 16.0 Å². The van der Waals surface area contributed by atoms with Gasteiger partial charge in [0.2, 0.25) is 6.33 Å². The zero-order chi connectivity index (χ0) is 14.7. The van der Waals surface area contributed by atoms with Crippen molar-refractivity contribution in [2.24, 2.45) is 0 Å². The Hall–Kier alpha value is -2.81. The van der Waals surface area contributed by atoms with Crippen molar-refractivity contribution in [3.63, 3.8) is 0 Å². The molecule has 9 heteroatoms. The Morgan fingerprint density at radius 1 is 1.30 bits per heavy atom. The fourth-order valence-electron chi connectivity index (χ4n) is 1.69. The fourth-order valence-corrected chi connectivity index (χ4v) is 1.69. The summed E-state index contributed by atoms with van der Waals surface area (Å²) in [5.41, 5.74) is 0.230. The first-order valence-corrected chi connectivity index (χ1v) is 5.56. The van der Waals surface area contributed by atoms with E-state index in [9.17, 15) is 25.3 Å². The number of rotatable bonds is 5. The standard InChI is InChI=1S/C11H10N4O5/c16-10(5-13-6-11(12-7-13)15(19)20)8-2-1-3-9(4-8)14(17)18/h1-4,6-7,10,16H,5H2. The Labute approximate surface area is 112 Å². The van der Waals surface area contributed by atoms with Crippen LogP contribution in [0.3, 0.4) is 0 Å². The van der Waals surface area contributed by atoms with Crippen LogP contribution in [0, 0.1) is 20.2 Å². The zero-order valence-corrected chi connectivity index (χ0v) is 10.1. The molecule has 20 heavy (non-hydrogen) atoms. The Morgan fingerprint density at radius 2 is 2.05 bits per heavy atom. The van der Waals surface area contributed by atoms with Gasteiger partial charge in [-0.2, -0.15) is 0 Å². The number of imidazole rings is 1. The zero-order valence-electron chi connectivity index (χ0n) is 10.1. The summed E-state index contributed by atoms with van der Waals surface area (Å²) in [6.07, 6.45) is 1.38. The van der Waals surface area contributed by atoms with Crippen LogP contribution < -0.4 is 0 Å². The molecule has 0 spiro atoms. The predicted octanol–water partition coefficient (Wildman–Crippen LogP) is 1.43. The number of benzene rings is 1. The molecule has 1 unspecified atom stereocenters. The molecule has 0 saturated heterocycles. The molecule has 0 radical (unpaired) electrons. The summed E-state index contributed by atoms with van der Waals surface area (Å²) in [7, 11) is 0. The van der Waals surface area contributed by atoms with Crippen LogP contribution in [0.4, 0.5) is 11.5 Å². The van der Waals surface area contributed by atoms with Crippen LogP contribution >= 0.6 is 0 Å². The number of hydrogen-bond acceptors (Lipinski definition) is 6. The molecule has 2 rings (SSSR count). The van der Waals surface area contributed by atoms with Crippen LogP contribution in [-0.2, 0) is 6.54 Å². The lowest BCUT2D eigenvalue weighted by Crippen LogP contribution is -2.07. The minimum absolute atomic E-state index is 0.0159. The number of aromatic nitrogens is 2. The molecule has 0 bridgehead atoms. The highest BCUT2D eigenvalue weighted by atomic mass is 16.6. The third-order valence-corrected chi connectivity index (χ3v) is 2.66. The minimum Gasteiger partial charge on any atom is -0.387 e. The van der Waals surface area contributed by atoms with E-state index in [1.54, 1.807) is 6.07 Å². The third-order valence-electron chi connectivity index (χ3n) is 2.66. The van der Waals surface area contributed by atoms with Crippen molar-refractivity contribution < 1.29 is 15.0 Å². The highest BCUT2D eigenvalue weighted by Crippen LogP contribution is 2.21. The van der Waals surface area contributed by atoms with Gasteiger partial charge in [0.25, 0.3) is 5.69 Å². The lowest BCUT2D eigenvalue weighted by Gasteiger charge is -2.10. The van der Waals surface area contributed by atoms with Gasteiger partial charge in [-0.3, -0.25) is 10.1 Å². The van der Waals surface area contributed by atoms with Crippen LogP contribution in [0.2, 0.25) is 0 Å². The molecule has 9 nitrogen and oxygen atoms in total. The maximum Gasteiger partial charge on any atom is 0.381 e. The summed E-state index contributed by atoms with van der Waals surface area (Å²) in [6.45, 7) is 0.0159. The smallest absolute Gasteiger partial charge is 0.381 e. The molecule has 1 heterocycles. The van der Waals surface area contributed by atoms with Gasteiger partial charge in [0.05, 0.1) is 17.6 Å². The van der Waals surface area contributed by atoms with Crippen molar-refractivity contribution in [2.75, 3.05) is 0 Å². The lowest BCUT2D eigenvalue weighted by molar-refractivity contribution is -0.389. The van der Waals surface area contributed by atoms with E-state index in [4.69, 9.17) is 0 Å². The second-order valence-electron chi connectivity index (χ2n) is 4.05. The van der Waals surface area contributed by atoms with Crippen molar-refractivity contribution in [3.8, 4) is 0 Å². The van der Waals surface area contributed by atoms with E-state index in [0.29, 0.717) is 5.56 Å². The van der Waals surface area contributed by atoms with Crippen molar-refractivity contribution in [1.29, 1.82) is 0 Å². The van der Waals surface area contributed by atoms with E-state index in [0.717, 1.165) is 0 Å². The number of nitro benzene ring substituents is 1. The van der Waals surface area contributed by atoms with E-state index in [1.807, 2.05) is 0 Å². The SMILES string of the molecule is O=[N+]([O-])c1cccc(C(O)Cn2cnc([N+](=O)[O-])c2)c1. The molecule has 0 aliphatic carbocycles. The van der Waals surface area contributed by atoms with Gasteiger partial charge >= 0.3 is 5.82 Å². The third kappa shape index (κ3) is 2.95. The van der Waals surface area contributed by atoms with E-state index in [-0.39, 0.29) is 18.1 Å². The highest BCUT2D eigenvalue weighted by molar-refractivity contribution is 5.35. The first-order chi connectivity index (χ1) is 9.47. The summed E-state index contributed by atoms with van der Waals surface area (Å²) in [5, 5.41) is 31.1. The number of non-ortho nitro benzene ring substituents is 1. The molecular formula is C11H10N4O5. The molecule has 0 aliphatic rings. The monoisotopic (exact) mass is 278 g/mol. The number of nitrogens with zero attached hydrogens (tertiary/aromatic N) is 4. The second kappa shape index (κ2) is 5.45. The van der Waals surface area contributed by atoms with E-state index in [1.165, 1.54) is 35.3 Å². The fraction of sp³-hybridized carbons (Fsp3) is 0.182. The molecule has 1 atom stereocenters. The van der Waals surface area contributed by atoms with Gasteiger partial charge in [0.1, 0.15) is 6.20 Å². The van der Waals surface area contributed by atoms with Gasteiger partial charge in [-0.1, -0.05) is 12.1 Å². The average Bonchev–Trinajstić information content (AvgIpc) is 2.87. The van der Waals surface area contributed by atoms with Gasteiger partial charge in [-0.15, -0.1) is 0 Å². The Bertz CT molecular complexity index is 654. The Kier molecular flexibility index (Phi) is 3.71. The van der Waals surface area contributed by atoms with E-state index in [2.05, 4.69) is 4.98 Å². The van der Waals surface area contributed by atoms with Crippen LogP contribution in [-0.4, -0.2) is 24.5 Å². The van der Waals surface area contributed by atoms with Gasteiger partial charge in [0.15, 0.2) is 0 Å². The molecule has 104 valence electrons. The molecule has 1 aromatic heterocycles. The van der Waals surface area contributed by atoms with Crippen molar-refractivity contribution >= 4 is 11.5 Å². The van der Waals surface area contributed by atoms with Gasteiger partial charge in [-0.05, 0) is 15.5 Å². The Morgan fingerprint density at radius 3 is 2.65 bits per heavy atom. The van der Waals surface area contributed by atoms with Gasteiger partial charge in [-0.25, -0.2) is 0 Å². The number of aliphatic hydroxyl groups is 1. The molecule has 1 aromatic carbocycles. The maximum atomic E-state index is 10.6. The predicted molar refractivity (Wildman–Crippen MR) is 66.9 cm³/mol. The molecule has 0 saturated carbocycles. The van der Waals surface area contributed by atoms with Crippen molar-refractivity contribution in [2.45, 2.75) is 12.6 Å². The maximum absolute atomic E-state index is 10.6. The van der Waals surface area contributed by atoms with Crippen LogP contribution in [0.5, 0.6) is 0 Å². The Balaban J connectivity index is 2.14. The van der Waals surface area contributed by atoms with E-state index >= 15 is 0 Å². The molecule has 0 amide bonds. The minimum atomic E-state index is -1.02. The first-order valence-electron chi connectivity index (χ1n) is 5.56. The molecule has 1 N–H and O–H groups in total. The normalized spacial score (nSPS) is 12.1. The van der Waals surface area contributed by atoms with Crippen molar-refractivity contribution in [1.82, 2.24) is 9.55 Å². The summed E-state index contributed by atoms with van der Waals surface area (Å²) < 4.78 is 1.35. The lowest BCUT2D eigenvalue weighted by atomic mass is 10.1.